The van der Waals surface area contributed by atoms with Crippen molar-refractivity contribution in [2.45, 2.75) is 89.9 Å². The molecule has 1 aliphatic carbocycles. The van der Waals surface area contributed by atoms with Gasteiger partial charge in [0.15, 0.2) is 0 Å². The molecule has 9 heteroatoms. The van der Waals surface area contributed by atoms with Crippen molar-refractivity contribution in [3.05, 3.63) is 90.1 Å². The molecule has 4 aromatic rings. The van der Waals surface area contributed by atoms with Gasteiger partial charge in [0.25, 0.3) is 0 Å². The summed E-state index contributed by atoms with van der Waals surface area (Å²) in [6, 6.07) is 27.3. The lowest BCUT2D eigenvalue weighted by Crippen LogP contribution is -2.51. The molecule has 1 aliphatic heterocycles. The van der Waals surface area contributed by atoms with Crippen LogP contribution in [0, 0.1) is 17.2 Å². The van der Waals surface area contributed by atoms with Crippen molar-refractivity contribution >= 4 is 22.9 Å². The van der Waals surface area contributed by atoms with Gasteiger partial charge in [0.1, 0.15) is 11.4 Å². The number of nitriles is 1. The van der Waals surface area contributed by atoms with Crippen LogP contribution in [-0.4, -0.2) is 71.4 Å². The summed E-state index contributed by atoms with van der Waals surface area (Å²) in [7, 11) is 1.73. The molecule has 2 amide bonds. The third kappa shape index (κ3) is 9.15. The van der Waals surface area contributed by atoms with Crippen LogP contribution in [-0.2, 0) is 27.4 Å². The molecule has 2 heterocycles. The Balaban J connectivity index is 1.28. The van der Waals surface area contributed by atoms with Gasteiger partial charge in [0, 0.05) is 69.5 Å². The molecule has 1 aromatic heterocycles. The predicted octanol–water partition coefficient (Wildman–Crippen LogP) is 8.56. The summed E-state index contributed by atoms with van der Waals surface area (Å²) >= 11 is 0. The van der Waals surface area contributed by atoms with Gasteiger partial charge in [-0.05, 0) is 99.2 Å². The number of unbranched alkanes of at least 4 members (excludes halogenated alkanes) is 1. The maximum Gasteiger partial charge on any atom is 0.410 e. The number of methoxy groups -OCH3 is 1. The molecule has 0 spiro atoms. The van der Waals surface area contributed by atoms with Gasteiger partial charge in [-0.2, -0.15) is 5.26 Å². The van der Waals surface area contributed by atoms with Gasteiger partial charge in [-0.3, -0.25) is 4.79 Å². The van der Waals surface area contributed by atoms with Crippen molar-refractivity contribution in [2.24, 2.45) is 5.92 Å². The summed E-state index contributed by atoms with van der Waals surface area (Å²) in [6.07, 6.45) is 6.55. The third-order valence-corrected chi connectivity index (χ3v) is 10.0. The lowest BCUT2D eigenvalue weighted by Gasteiger charge is -2.40. The maximum atomic E-state index is 15.0. The highest BCUT2D eigenvalue weighted by atomic mass is 16.6. The van der Waals surface area contributed by atoms with Crippen LogP contribution in [0.2, 0.25) is 0 Å². The topological polar surface area (TPSA) is 97.0 Å². The fraction of sp³-hybridized carbons (Fsp3) is 0.465. The van der Waals surface area contributed by atoms with E-state index in [1.54, 1.807) is 12.0 Å². The summed E-state index contributed by atoms with van der Waals surface area (Å²) in [5.74, 6) is 0.387. The Morgan fingerprint density at radius 2 is 1.73 bits per heavy atom. The first kappa shape index (κ1) is 37.0. The molecule has 0 unspecified atom stereocenters. The van der Waals surface area contributed by atoms with Crippen LogP contribution in [0.25, 0.3) is 22.0 Å². The highest BCUT2D eigenvalue weighted by Crippen LogP contribution is 2.40. The number of ether oxygens (including phenoxy) is 3. The fourth-order valence-electron chi connectivity index (χ4n) is 7.31. The number of carbonyl (C=O) groups excluding carboxylic acids is 2. The number of hydrogen-bond acceptors (Lipinski definition) is 6. The molecule has 2 aliphatic rings. The molecule has 1 saturated carbocycles. The first-order chi connectivity index (χ1) is 25.1. The second kappa shape index (κ2) is 16.7. The Morgan fingerprint density at radius 1 is 0.942 bits per heavy atom. The normalized spacial score (nSPS) is 17.5. The number of amides is 2. The molecule has 0 radical (unpaired) electrons. The smallest absolute Gasteiger partial charge is 0.410 e. The van der Waals surface area contributed by atoms with Crippen LogP contribution in [0.3, 0.4) is 0 Å². The number of hydrogen-bond donors (Lipinski definition) is 0. The highest BCUT2D eigenvalue weighted by molar-refractivity contribution is 5.86. The zero-order chi connectivity index (χ0) is 36.7. The average molecular weight is 705 g/mol. The van der Waals surface area contributed by atoms with Crippen molar-refractivity contribution in [2.75, 3.05) is 33.4 Å². The molecular weight excluding hydrogens is 652 g/mol. The highest BCUT2D eigenvalue weighted by Gasteiger charge is 2.43. The van der Waals surface area contributed by atoms with Crippen molar-refractivity contribution in [3.8, 4) is 22.9 Å². The third-order valence-electron chi connectivity index (χ3n) is 10.0. The molecule has 9 nitrogen and oxygen atoms in total. The van der Waals surface area contributed by atoms with Gasteiger partial charge in [-0.25, -0.2) is 4.79 Å². The summed E-state index contributed by atoms with van der Waals surface area (Å²) < 4.78 is 19.2. The van der Waals surface area contributed by atoms with Crippen molar-refractivity contribution in [3.63, 3.8) is 0 Å². The number of likely N-dealkylation sites (tertiary alicyclic amines) is 1. The summed E-state index contributed by atoms with van der Waals surface area (Å²) in [6.45, 7) is 9.02. The number of aromatic nitrogens is 1. The first-order valence-electron chi connectivity index (χ1n) is 18.7. The maximum absolute atomic E-state index is 15.0. The molecule has 0 bridgehead atoms. The van der Waals surface area contributed by atoms with Crippen LogP contribution in [0.4, 0.5) is 4.79 Å². The Labute approximate surface area is 308 Å². The monoisotopic (exact) mass is 704 g/mol. The lowest BCUT2D eigenvalue weighted by molar-refractivity contribution is -0.139. The summed E-state index contributed by atoms with van der Waals surface area (Å²) in [5, 5.41) is 9.96. The second-order valence-corrected chi connectivity index (χ2v) is 15.1. The van der Waals surface area contributed by atoms with Crippen LogP contribution in [0.1, 0.15) is 76.3 Å². The van der Waals surface area contributed by atoms with E-state index in [1.807, 2.05) is 45.0 Å². The standard InChI is InChI=1S/C43H52N4O5/c1-43(2,3)52-42(49)46-24-21-37(33-12-9-11-32(27-33)31-15-19-36(20-16-31)51-26-8-7-22-44)39(30-46)41(48)47(35-17-18-35)29-34-28-45(23-10-25-50-4)40-14-6-5-13-38(34)40/h5-6,9,11-16,19-20,27-28,35,37,39H,7-8,10,17-18,21,23-26,29-30H2,1-4H3/t37-,39+/m1/s1. The zero-order valence-electron chi connectivity index (χ0n) is 31.1. The van der Waals surface area contributed by atoms with Crippen LogP contribution >= 0.6 is 0 Å². The predicted molar refractivity (Wildman–Crippen MR) is 203 cm³/mol. The van der Waals surface area contributed by atoms with E-state index in [0.717, 1.165) is 53.8 Å². The zero-order valence-corrected chi connectivity index (χ0v) is 31.1. The van der Waals surface area contributed by atoms with E-state index in [9.17, 15) is 9.59 Å². The molecule has 6 rings (SSSR count). The molecule has 3 aromatic carbocycles. The van der Waals surface area contributed by atoms with Gasteiger partial charge in [-0.1, -0.05) is 54.6 Å². The van der Waals surface area contributed by atoms with E-state index in [0.29, 0.717) is 52.1 Å². The van der Waals surface area contributed by atoms with Crippen molar-refractivity contribution in [1.29, 1.82) is 5.26 Å². The lowest BCUT2D eigenvalue weighted by atomic mass is 9.79. The van der Waals surface area contributed by atoms with E-state index in [4.69, 9.17) is 19.5 Å². The number of piperidine rings is 1. The number of carbonyl (C=O) groups is 2. The van der Waals surface area contributed by atoms with Crippen molar-refractivity contribution in [1.82, 2.24) is 14.4 Å². The minimum atomic E-state index is -0.628. The molecule has 0 N–H and O–H groups in total. The largest absolute Gasteiger partial charge is 0.494 e. The number of benzene rings is 3. The summed E-state index contributed by atoms with van der Waals surface area (Å²) in [4.78, 5) is 32.2. The van der Waals surface area contributed by atoms with Gasteiger partial charge in [0.2, 0.25) is 5.91 Å². The molecular formula is C43H52N4O5. The van der Waals surface area contributed by atoms with Gasteiger partial charge in [0.05, 0.1) is 18.6 Å². The quantitative estimate of drug-likeness (QED) is 0.122. The van der Waals surface area contributed by atoms with E-state index in [-0.39, 0.29) is 24.0 Å². The minimum Gasteiger partial charge on any atom is -0.494 e. The minimum absolute atomic E-state index is 0.0643. The van der Waals surface area contributed by atoms with Gasteiger partial charge in [-0.15, -0.1) is 0 Å². The number of fused-ring (bicyclic) bond motifs is 1. The SMILES string of the molecule is COCCCn1cc(CN(C(=O)[C@H]2CN(C(=O)OC(C)(C)C)CC[C@@H]2c2cccc(-c3ccc(OCCCC#N)cc3)c2)C2CC2)c2ccccc21. The van der Waals surface area contributed by atoms with E-state index >= 15 is 0 Å². The average Bonchev–Trinajstić information content (AvgIpc) is 3.93. The van der Waals surface area contributed by atoms with Crippen LogP contribution < -0.4 is 4.74 Å². The van der Waals surface area contributed by atoms with Crippen molar-refractivity contribution < 1.29 is 23.8 Å². The molecule has 1 saturated heterocycles. The van der Waals surface area contributed by atoms with E-state index in [2.05, 4.69) is 70.3 Å². The van der Waals surface area contributed by atoms with Crippen LogP contribution in [0.15, 0.2) is 79.0 Å². The number of para-hydroxylation sites is 1. The number of aryl methyl sites for hydroxylation is 1. The van der Waals surface area contributed by atoms with E-state index < -0.39 is 11.5 Å². The fourth-order valence-corrected chi connectivity index (χ4v) is 7.31. The molecule has 2 fully saturated rings. The molecule has 274 valence electrons. The number of nitrogens with zero attached hydrogens (tertiary/aromatic N) is 4. The van der Waals surface area contributed by atoms with Crippen LogP contribution in [0.5, 0.6) is 5.75 Å². The number of rotatable bonds is 14. The Morgan fingerprint density at radius 3 is 2.46 bits per heavy atom. The second-order valence-electron chi connectivity index (χ2n) is 15.1. The van der Waals surface area contributed by atoms with Gasteiger partial charge < -0.3 is 28.6 Å². The molecule has 52 heavy (non-hydrogen) atoms. The summed E-state index contributed by atoms with van der Waals surface area (Å²) in [5.41, 5.74) is 4.90. The van der Waals surface area contributed by atoms with Gasteiger partial charge >= 0.3 is 6.09 Å². The first-order valence-corrected chi connectivity index (χ1v) is 18.7. The Bertz CT molecular complexity index is 1870. The van der Waals surface area contributed by atoms with E-state index in [1.165, 1.54) is 10.9 Å². The molecule has 2 atom stereocenters. The Kier molecular flexibility index (Phi) is 11.9. The Hall–Kier alpha value is -4.81.